The van der Waals surface area contributed by atoms with Gasteiger partial charge in [-0.2, -0.15) is 4.31 Å². The summed E-state index contributed by atoms with van der Waals surface area (Å²) >= 11 is 0. The van der Waals surface area contributed by atoms with Crippen LogP contribution in [0.3, 0.4) is 0 Å². The molecule has 1 fully saturated rings. The monoisotopic (exact) mass is 445 g/mol. The Balaban J connectivity index is 1.57. The highest BCUT2D eigenvalue weighted by atomic mass is 32.2. The molecular weight excluding hydrogens is 418 g/mol. The van der Waals surface area contributed by atoms with Crippen LogP contribution in [0.2, 0.25) is 0 Å². The summed E-state index contributed by atoms with van der Waals surface area (Å²) in [7, 11) is -3.45. The lowest BCUT2D eigenvalue weighted by Gasteiger charge is -2.26. The third-order valence-corrected chi connectivity index (χ3v) is 6.85. The Morgan fingerprint density at radius 3 is 2.23 bits per heavy atom. The van der Waals surface area contributed by atoms with Crippen LogP contribution < -0.4 is 10.6 Å². The zero-order chi connectivity index (χ0) is 22.1. The summed E-state index contributed by atoms with van der Waals surface area (Å²) in [5.74, 6) is -0.790. The predicted octanol–water partition coefficient (Wildman–Crippen LogP) is 1.33. The number of sulfonamides is 1. The van der Waals surface area contributed by atoms with Crippen LogP contribution in [0.15, 0.2) is 60.7 Å². The number of amides is 2. The molecule has 1 atom stereocenters. The Kier molecular flexibility index (Phi) is 8.16. The van der Waals surface area contributed by atoms with Gasteiger partial charge in [0.05, 0.1) is 31.4 Å². The van der Waals surface area contributed by atoms with Crippen molar-refractivity contribution in [3.05, 3.63) is 71.8 Å². The third-order valence-electron chi connectivity index (χ3n) is 4.98. The average molecular weight is 446 g/mol. The van der Waals surface area contributed by atoms with Crippen LogP contribution in [0, 0.1) is 0 Å². The molecule has 2 aromatic carbocycles. The van der Waals surface area contributed by atoms with E-state index in [9.17, 15) is 18.0 Å². The first-order valence-electron chi connectivity index (χ1n) is 10.2. The normalized spacial score (nSPS) is 15.7. The van der Waals surface area contributed by atoms with Gasteiger partial charge in [0.2, 0.25) is 15.9 Å². The Hall–Kier alpha value is -2.75. The first-order chi connectivity index (χ1) is 15.0. The van der Waals surface area contributed by atoms with E-state index in [1.54, 1.807) is 24.3 Å². The van der Waals surface area contributed by atoms with Gasteiger partial charge in [-0.15, -0.1) is 0 Å². The number of ether oxygens (including phenoxy) is 1. The molecule has 3 rings (SSSR count). The van der Waals surface area contributed by atoms with E-state index in [-0.39, 0.29) is 30.5 Å². The molecule has 9 heteroatoms. The maximum Gasteiger partial charge on any atom is 0.251 e. The zero-order valence-electron chi connectivity index (χ0n) is 17.2. The second-order valence-electron chi connectivity index (χ2n) is 7.18. The van der Waals surface area contributed by atoms with E-state index >= 15 is 0 Å². The van der Waals surface area contributed by atoms with Gasteiger partial charge in [0.1, 0.15) is 0 Å². The highest BCUT2D eigenvalue weighted by Crippen LogP contribution is 2.17. The third kappa shape index (κ3) is 6.88. The van der Waals surface area contributed by atoms with Gasteiger partial charge in [0, 0.05) is 25.2 Å². The van der Waals surface area contributed by atoms with Crippen molar-refractivity contribution in [1.29, 1.82) is 0 Å². The minimum atomic E-state index is -3.45. The molecule has 2 amide bonds. The average Bonchev–Trinajstić information content (AvgIpc) is 2.80. The minimum absolute atomic E-state index is 0.000187. The first kappa shape index (κ1) is 22.9. The Labute approximate surface area is 182 Å². The number of rotatable bonds is 9. The van der Waals surface area contributed by atoms with Crippen molar-refractivity contribution < 1.29 is 22.7 Å². The number of hydrogen-bond donors (Lipinski definition) is 2. The first-order valence-corrected chi connectivity index (χ1v) is 11.8. The summed E-state index contributed by atoms with van der Waals surface area (Å²) < 4.78 is 31.3. The van der Waals surface area contributed by atoms with E-state index in [2.05, 4.69) is 10.6 Å². The van der Waals surface area contributed by atoms with E-state index in [1.165, 1.54) is 4.31 Å². The van der Waals surface area contributed by atoms with Gasteiger partial charge < -0.3 is 15.4 Å². The standard InChI is InChI=1S/C22H27N3O5S/c26-21(23-11-16-31(28,29)25-12-14-30-15-13-25)17-20(18-7-3-1-4-8-18)24-22(27)19-9-5-2-6-10-19/h1-10,20H,11-17H2,(H,23,26)(H,24,27). The number of carbonyl (C=O) groups excluding carboxylic acids is 2. The van der Waals surface area contributed by atoms with Crippen LogP contribution in [0.4, 0.5) is 0 Å². The summed E-state index contributed by atoms with van der Waals surface area (Å²) in [5, 5.41) is 5.56. The molecule has 1 saturated heterocycles. The van der Waals surface area contributed by atoms with Gasteiger partial charge in [-0.05, 0) is 17.7 Å². The number of carbonyl (C=O) groups is 2. The van der Waals surface area contributed by atoms with E-state index < -0.39 is 16.1 Å². The van der Waals surface area contributed by atoms with Crippen LogP contribution >= 0.6 is 0 Å². The molecule has 0 bridgehead atoms. The molecule has 1 heterocycles. The van der Waals surface area contributed by atoms with Gasteiger partial charge in [-0.3, -0.25) is 9.59 Å². The van der Waals surface area contributed by atoms with E-state index in [0.29, 0.717) is 31.9 Å². The predicted molar refractivity (Wildman–Crippen MR) is 117 cm³/mol. The molecular formula is C22H27N3O5S. The van der Waals surface area contributed by atoms with Crippen LogP contribution in [0.5, 0.6) is 0 Å². The molecule has 0 radical (unpaired) electrons. The molecule has 1 aliphatic heterocycles. The molecule has 0 spiro atoms. The summed E-state index contributed by atoms with van der Waals surface area (Å²) in [5.41, 5.74) is 1.29. The fraction of sp³-hybridized carbons (Fsp3) is 0.364. The largest absolute Gasteiger partial charge is 0.379 e. The van der Waals surface area contributed by atoms with Gasteiger partial charge in [0.25, 0.3) is 5.91 Å². The van der Waals surface area contributed by atoms with Crippen molar-refractivity contribution in [1.82, 2.24) is 14.9 Å². The van der Waals surface area contributed by atoms with Crippen molar-refractivity contribution in [2.75, 3.05) is 38.6 Å². The van der Waals surface area contributed by atoms with E-state index in [1.807, 2.05) is 36.4 Å². The molecule has 1 aliphatic rings. The lowest BCUT2D eigenvalue weighted by atomic mass is 10.0. The lowest BCUT2D eigenvalue weighted by Crippen LogP contribution is -2.44. The molecule has 31 heavy (non-hydrogen) atoms. The highest BCUT2D eigenvalue weighted by molar-refractivity contribution is 7.89. The molecule has 0 aliphatic carbocycles. The summed E-state index contributed by atoms with van der Waals surface area (Å²) in [6, 6.07) is 17.4. The topological polar surface area (TPSA) is 105 Å². The molecule has 0 saturated carbocycles. The molecule has 8 nitrogen and oxygen atoms in total. The van der Waals surface area contributed by atoms with Crippen LogP contribution in [0.25, 0.3) is 0 Å². The van der Waals surface area contributed by atoms with Crippen LogP contribution in [-0.4, -0.2) is 63.1 Å². The molecule has 2 aromatic rings. The number of hydrogen-bond acceptors (Lipinski definition) is 5. The summed E-state index contributed by atoms with van der Waals surface area (Å²) in [6.45, 7) is 1.43. The quantitative estimate of drug-likeness (QED) is 0.606. The maximum absolute atomic E-state index is 12.6. The molecule has 166 valence electrons. The number of benzene rings is 2. The lowest BCUT2D eigenvalue weighted by molar-refractivity contribution is -0.121. The van der Waals surface area contributed by atoms with Gasteiger partial charge >= 0.3 is 0 Å². The van der Waals surface area contributed by atoms with Crippen molar-refractivity contribution in [3.8, 4) is 0 Å². The maximum atomic E-state index is 12.6. The van der Waals surface area contributed by atoms with Gasteiger partial charge in [-0.25, -0.2) is 8.42 Å². The van der Waals surface area contributed by atoms with Crippen molar-refractivity contribution in [2.24, 2.45) is 0 Å². The van der Waals surface area contributed by atoms with Crippen molar-refractivity contribution in [3.63, 3.8) is 0 Å². The van der Waals surface area contributed by atoms with Crippen molar-refractivity contribution >= 4 is 21.8 Å². The fourth-order valence-corrected chi connectivity index (χ4v) is 4.62. The second kappa shape index (κ2) is 11.0. The number of morpholine rings is 1. The Bertz CT molecular complexity index is 961. The molecule has 0 aromatic heterocycles. The Morgan fingerprint density at radius 1 is 0.968 bits per heavy atom. The fourth-order valence-electron chi connectivity index (χ4n) is 3.30. The van der Waals surface area contributed by atoms with Gasteiger partial charge in [0.15, 0.2) is 0 Å². The van der Waals surface area contributed by atoms with Crippen molar-refractivity contribution in [2.45, 2.75) is 12.5 Å². The Morgan fingerprint density at radius 2 is 1.58 bits per heavy atom. The molecule has 2 N–H and O–H groups in total. The zero-order valence-corrected chi connectivity index (χ0v) is 18.0. The summed E-state index contributed by atoms with van der Waals surface area (Å²) in [4.78, 5) is 25.1. The van der Waals surface area contributed by atoms with E-state index in [0.717, 1.165) is 5.56 Å². The number of nitrogens with one attached hydrogen (secondary N) is 2. The SMILES string of the molecule is O=C(CC(NC(=O)c1ccccc1)c1ccccc1)NCCS(=O)(=O)N1CCOCC1. The molecule has 1 unspecified atom stereocenters. The highest BCUT2D eigenvalue weighted by Gasteiger charge is 2.24. The smallest absolute Gasteiger partial charge is 0.251 e. The van der Waals surface area contributed by atoms with Crippen LogP contribution in [0.1, 0.15) is 28.4 Å². The van der Waals surface area contributed by atoms with E-state index in [4.69, 9.17) is 4.74 Å². The van der Waals surface area contributed by atoms with Crippen LogP contribution in [-0.2, 0) is 19.6 Å². The second-order valence-corrected chi connectivity index (χ2v) is 9.27. The number of nitrogens with zero attached hydrogens (tertiary/aromatic N) is 1. The van der Waals surface area contributed by atoms with Gasteiger partial charge in [-0.1, -0.05) is 48.5 Å². The summed E-state index contributed by atoms with van der Waals surface area (Å²) in [6.07, 6.45) is 0.000187. The minimum Gasteiger partial charge on any atom is -0.379 e.